The molecule has 1 aliphatic heterocycles. The Morgan fingerprint density at radius 3 is 2.56 bits per heavy atom. The Morgan fingerprint density at radius 1 is 1.22 bits per heavy atom. The number of alkyl halides is 1. The van der Waals surface area contributed by atoms with Gasteiger partial charge in [-0.05, 0) is 38.0 Å². The van der Waals surface area contributed by atoms with E-state index in [0.29, 0.717) is 16.5 Å². The number of halogens is 1. The molecule has 0 spiro atoms. The van der Waals surface area contributed by atoms with Gasteiger partial charge in [-0.1, -0.05) is 35.7 Å². The molecule has 5 heteroatoms. The summed E-state index contributed by atoms with van der Waals surface area (Å²) < 4.78 is 26.8. The Balaban J connectivity index is 2.08. The lowest BCUT2D eigenvalue weighted by molar-refractivity contribution is 0.308. The molecule has 2 aliphatic rings. The molecule has 0 bridgehead atoms. The topological polar surface area (TPSA) is 37.4 Å². The van der Waals surface area contributed by atoms with Gasteiger partial charge in [0, 0.05) is 17.4 Å². The van der Waals surface area contributed by atoms with Crippen molar-refractivity contribution in [2.75, 3.05) is 12.3 Å². The quantitative estimate of drug-likeness (QED) is 0.722. The number of sulfonamides is 1. The first-order valence-corrected chi connectivity index (χ1v) is 9.65. The van der Waals surface area contributed by atoms with E-state index in [2.05, 4.69) is 22.9 Å². The minimum atomic E-state index is -3.03. The van der Waals surface area contributed by atoms with Crippen LogP contribution >= 0.6 is 15.9 Å². The van der Waals surface area contributed by atoms with E-state index in [-0.39, 0.29) is 6.04 Å². The van der Waals surface area contributed by atoms with Gasteiger partial charge < -0.3 is 0 Å². The summed E-state index contributed by atoms with van der Waals surface area (Å²) in [6.07, 6.45) is 7.53. The zero-order valence-electron chi connectivity index (χ0n) is 11.1. The average Bonchev–Trinajstić information content (AvgIpc) is 3.04. The molecular formula is C13H24BrNO2S. The van der Waals surface area contributed by atoms with E-state index in [4.69, 9.17) is 0 Å². The molecule has 106 valence electrons. The Labute approximate surface area is 119 Å². The summed E-state index contributed by atoms with van der Waals surface area (Å²) >= 11 is 3.57. The van der Waals surface area contributed by atoms with E-state index in [1.807, 2.05) is 4.31 Å². The summed E-state index contributed by atoms with van der Waals surface area (Å²) in [4.78, 5) is 0.388. The van der Waals surface area contributed by atoms with Crippen molar-refractivity contribution in [3.05, 3.63) is 0 Å². The van der Waals surface area contributed by atoms with Gasteiger partial charge in [-0.2, -0.15) is 4.31 Å². The van der Waals surface area contributed by atoms with E-state index in [0.717, 1.165) is 38.6 Å². The van der Waals surface area contributed by atoms with Crippen LogP contribution in [0, 0.1) is 5.92 Å². The highest BCUT2D eigenvalue weighted by Gasteiger charge is 2.36. The molecule has 2 atom stereocenters. The minimum Gasteiger partial charge on any atom is -0.212 e. The predicted octanol–water partition coefficient (Wildman–Crippen LogP) is 3.14. The van der Waals surface area contributed by atoms with Crippen LogP contribution in [0.1, 0.15) is 51.9 Å². The fourth-order valence-corrected chi connectivity index (χ4v) is 5.41. The molecule has 0 aromatic heterocycles. The van der Waals surface area contributed by atoms with Crippen molar-refractivity contribution in [3.63, 3.8) is 0 Å². The molecule has 1 aliphatic carbocycles. The highest BCUT2D eigenvalue weighted by Crippen LogP contribution is 2.33. The fourth-order valence-electron chi connectivity index (χ4n) is 2.81. The van der Waals surface area contributed by atoms with Gasteiger partial charge in [-0.15, -0.1) is 0 Å². The van der Waals surface area contributed by atoms with Gasteiger partial charge in [0.15, 0.2) is 0 Å². The van der Waals surface area contributed by atoms with Crippen LogP contribution in [0.3, 0.4) is 0 Å². The zero-order valence-corrected chi connectivity index (χ0v) is 13.5. The molecule has 0 N–H and O–H groups in total. The summed E-state index contributed by atoms with van der Waals surface area (Å²) in [5, 5.41) is 0. The van der Waals surface area contributed by atoms with E-state index in [1.165, 1.54) is 12.8 Å². The highest BCUT2D eigenvalue weighted by atomic mass is 79.9. The molecule has 2 unspecified atom stereocenters. The summed E-state index contributed by atoms with van der Waals surface area (Å²) in [7, 11) is -3.03. The molecule has 0 aromatic rings. The highest BCUT2D eigenvalue weighted by molar-refractivity contribution is 9.09. The van der Waals surface area contributed by atoms with Crippen molar-refractivity contribution in [1.29, 1.82) is 0 Å². The van der Waals surface area contributed by atoms with Crippen LogP contribution in [0.25, 0.3) is 0 Å². The lowest BCUT2D eigenvalue weighted by Gasteiger charge is -2.30. The zero-order chi connectivity index (χ0) is 13.2. The third-order valence-corrected chi connectivity index (χ3v) is 6.38. The maximum absolute atomic E-state index is 12.5. The largest absolute Gasteiger partial charge is 0.214 e. The van der Waals surface area contributed by atoms with Gasteiger partial charge >= 0.3 is 0 Å². The van der Waals surface area contributed by atoms with Crippen LogP contribution in [0.5, 0.6) is 0 Å². The maximum atomic E-state index is 12.5. The second-order valence-corrected chi connectivity index (χ2v) is 9.38. The molecule has 18 heavy (non-hydrogen) atoms. The van der Waals surface area contributed by atoms with Crippen molar-refractivity contribution in [2.24, 2.45) is 5.92 Å². The monoisotopic (exact) mass is 337 g/mol. The summed E-state index contributed by atoms with van der Waals surface area (Å²) in [6.45, 7) is 2.84. The minimum absolute atomic E-state index is 0.214. The first kappa shape index (κ1) is 14.8. The molecule has 0 radical (unpaired) electrons. The Kier molecular flexibility index (Phi) is 5.12. The summed E-state index contributed by atoms with van der Waals surface area (Å²) in [5.74, 6) is 0.834. The second kappa shape index (κ2) is 6.23. The normalized spacial score (nSPS) is 28.9. The summed E-state index contributed by atoms with van der Waals surface area (Å²) in [6, 6.07) is 0.214. The Bertz CT molecular complexity index is 365. The maximum Gasteiger partial charge on any atom is 0.214 e. The Morgan fingerprint density at radius 2 is 1.94 bits per heavy atom. The second-order valence-electron chi connectivity index (χ2n) is 5.85. The molecule has 1 saturated carbocycles. The standard InChI is InChI=1S/C13H24BrNO2S/c1-11(14)9-13-5-3-2-4-8-15(13)18(16,17)10-12-6-7-12/h11-13H,2-10H2,1H3. The molecule has 0 aromatic carbocycles. The van der Waals surface area contributed by atoms with Crippen molar-refractivity contribution >= 4 is 26.0 Å². The SMILES string of the molecule is CC(Br)CC1CCCCCN1S(=O)(=O)CC1CC1. The van der Waals surface area contributed by atoms with Crippen LogP contribution in [0.15, 0.2) is 0 Å². The van der Waals surface area contributed by atoms with Crippen LogP contribution in [-0.2, 0) is 10.0 Å². The smallest absolute Gasteiger partial charge is 0.212 e. The van der Waals surface area contributed by atoms with Crippen LogP contribution in [0.4, 0.5) is 0 Å². The Hall–Kier alpha value is 0.390. The molecule has 2 rings (SSSR count). The number of nitrogens with zero attached hydrogens (tertiary/aromatic N) is 1. The molecule has 1 heterocycles. The molecule has 0 amide bonds. The van der Waals surface area contributed by atoms with Crippen molar-refractivity contribution in [1.82, 2.24) is 4.31 Å². The van der Waals surface area contributed by atoms with Crippen molar-refractivity contribution in [2.45, 2.75) is 62.7 Å². The van der Waals surface area contributed by atoms with Crippen LogP contribution in [-0.4, -0.2) is 35.9 Å². The third-order valence-electron chi connectivity index (χ3n) is 3.92. The van der Waals surface area contributed by atoms with Crippen molar-refractivity contribution < 1.29 is 8.42 Å². The first-order chi connectivity index (χ1) is 8.49. The molecule has 3 nitrogen and oxygen atoms in total. The average molecular weight is 338 g/mol. The fraction of sp³-hybridized carbons (Fsp3) is 1.00. The van der Waals surface area contributed by atoms with Gasteiger partial charge in [0.25, 0.3) is 0 Å². The van der Waals surface area contributed by atoms with E-state index in [9.17, 15) is 8.42 Å². The van der Waals surface area contributed by atoms with E-state index >= 15 is 0 Å². The lowest BCUT2D eigenvalue weighted by Crippen LogP contribution is -2.42. The number of hydrogen-bond donors (Lipinski definition) is 0. The van der Waals surface area contributed by atoms with Gasteiger partial charge in [-0.3, -0.25) is 0 Å². The van der Waals surface area contributed by atoms with Gasteiger partial charge in [0.05, 0.1) is 5.75 Å². The summed E-state index contributed by atoms with van der Waals surface area (Å²) in [5.41, 5.74) is 0. The van der Waals surface area contributed by atoms with Gasteiger partial charge in [-0.25, -0.2) is 8.42 Å². The first-order valence-electron chi connectivity index (χ1n) is 7.12. The van der Waals surface area contributed by atoms with Crippen molar-refractivity contribution in [3.8, 4) is 0 Å². The lowest BCUT2D eigenvalue weighted by atomic mass is 10.1. The number of rotatable bonds is 5. The van der Waals surface area contributed by atoms with Gasteiger partial charge in [0.1, 0.15) is 0 Å². The molecule has 2 fully saturated rings. The molecule has 1 saturated heterocycles. The van der Waals surface area contributed by atoms with E-state index < -0.39 is 10.0 Å². The number of hydrogen-bond acceptors (Lipinski definition) is 2. The van der Waals surface area contributed by atoms with Crippen LogP contribution in [0.2, 0.25) is 0 Å². The molecular weight excluding hydrogens is 314 g/mol. The van der Waals surface area contributed by atoms with Gasteiger partial charge in [0.2, 0.25) is 10.0 Å². The third kappa shape index (κ3) is 4.20. The van der Waals surface area contributed by atoms with Crippen LogP contribution < -0.4 is 0 Å². The van der Waals surface area contributed by atoms with E-state index in [1.54, 1.807) is 0 Å². The predicted molar refractivity (Wildman–Crippen MR) is 78.5 cm³/mol.